The zero-order chi connectivity index (χ0) is 34.9. The number of amides is 3. The number of thioether (sulfide) groups is 1. The highest BCUT2D eigenvalue weighted by Crippen LogP contribution is 2.38. The van der Waals surface area contributed by atoms with Gasteiger partial charge in [-0.05, 0) is 71.8 Å². The molecular weight excluding hydrogens is 669 g/mol. The molecule has 3 N–H and O–H groups in total. The summed E-state index contributed by atoms with van der Waals surface area (Å²) in [7, 11) is 3.06. The molecule has 50 heavy (non-hydrogen) atoms. The standard InChI is InChI=1S/C39H32N4O5S2/c1-47-32-21-20-25(23-33(32)48-2)22-31(41-36(44)27-14-7-4-8-15-27)37(45)40-28-16-11-17-29(24-28)49-35(26-12-5-3-6-13-26)38(46)43-39-42-30-18-9-10-19-34(30)50-39/h3-24,35H,1-2H3,(H,40,45)(H,41,44)(H,42,43,46)/b31-22+. The Morgan fingerprint density at radius 1 is 0.760 bits per heavy atom. The third-order valence-corrected chi connectivity index (χ3v) is 9.66. The summed E-state index contributed by atoms with van der Waals surface area (Å²) in [4.78, 5) is 46.0. The van der Waals surface area contributed by atoms with E-state index >= 15 is 0 Å². The van der Waals surface area contributed by atoms with Crippen LogP contribution in [0.15, 0.2) is 138 Å². The van der Waals surface area contributed by atoms with Crippen molar-refractivity contribution in [2.24, 2.45) is 0 Å². The van der Waals surface area contributed by atoms with Crippen molar-refractivity contribution < 1.29 is 23.9 Å². The number of hydrogen-bond acceptors (Lipinski definition) is 8. The lowest BCUT2D eigenvalue weighted by molar-refractivity contribution is -0.116. The normalized spacial score (nSPS) is 11.8. The van der Waals surface area contributed by atoms with Gasteiger partial charge in [-0.3, -0.25) is 14.4 Å². The fourth-order valence-electron chi connectivity index (χ4n) is 5.03. The maximum absolute atomic E-state index is 13.8. The fourth-order valence-corrected chi connectivity index (χ4v) is 6.98. The molecule has 0 saturated heterocycles. The number of rotatable bonds is 12. The second-order valence-electron chi connectivity index (χ2n) is 10.9. The Morgan fingerprint density at radius 3 is 2.22 bits per heavy atom. The Labute approximate surface area is 297 Å². The van der Waals surface area contributed by atoms with Gasteiger partial charge in [0.25, 0.3) is 11.8 Å². The first-order chi connectivity index (χ1) is 24.4. The number of anilines is 2. The van der Waals surface area contributed by atoms with E-state index in [-0.39, 0.29) is 11.6 Å². The van der Waals surface area contributed by atoms with E-state index in [4.69, 9.17) is 9.47 Å². The van der Waals surface area contributed by atoms with Crippen LogP contribution in [-0.4, -0.2) is 36.9 Å². The zero-order valence-electron chi connectivity index (χ0n) is 27.1. The quantitative estimate of drug-likeness (QED) is 0.0870. The first-order valence-corrected chi connectivity index (χ1v) is 17.2. The van der Waals surface area contributed by atoms with Crippen molar-refractivity contribution in [1.29, 1.82) is 0 Å². The predicted molar refractivity (Wildman–Crippen MR) is 200 cm³/mol. The van der Waals surface area contributed by atoms with Gasteiger partial charge in [0.2, 0.25) is 5.91 Å². The molecule has 1 unspecified atom stereocenters. The maximum atomic E-state index is 13.8. The van der Waals surface area contributed by atoms with Crippen molar-refractivity contribution >= 4 is 67.9 Å². The van der Waals surface area contributed by atoms with E-state index in [2.05, 4.69) is 20.9 Å². The monoisotopic (exact) mass is 700 g/mol. The van der Waals surface area contributed by atoms with Gasteiger partial charge in [-0.15, -0.1) is 11.8 Å². The van der Waals surface area contributed by atoms with Crippen LogP contribution < -0.4 is 25.4 Å². The topological polar surface area (TPSA) is 119 Å². The molecule has 0 radical (unpaired) electrons. The average Bonchev–Trinajstić information content (AvgIpc) is 3.56. The fraction of sp³-hybridized carbons (Fsp3) is 0.0769. The molecule has 0 spiro atoms. The highest BCUT2D eigenvalue weighted by molar-refractivity contribution is 8.00. The van der Waals surface area contributed by atoms with Crippen LogP contribution in [0, 0.1) is 0 Å². The van der Waals surface area contributed by atoms with E-state index < -0.39 is 17.1 Å². The molecule has 6 aromatic rings. The van der Waals surface area contributed by atoms with Crippen molar-refractivity contribution in [1.82, 2.24) is 10.3 Å². The number of para-hydroxylation sites is 1. The Morgan fingerprint density at radius 2 is 1.48 bits per heavy atom. The first-order valence-electron chi connectivity index (χ1n) is 15.5. The van der Waals surface area contributed by atoms with E-state index in [0.717, 1.165) is 20.7 Å². The number of ether oxygens (including phenoxy) is 2. The number of aromatic nitrogens is 1. The van der Waals surface area contributed by atoms with Crippen LogP contribution in [0.4, 0.5) is 10.8 Å². The van der Waals surface area contributed by atoms with Gasteiger partial charge in [0.05, 0.1) is 24.4 Å². The summed E-state index contributed by atoms with van der Waals surface area (Å²) >= 11 is 2.76. The van der Waals surface area contributed by atoms with Crippen molar-refractivity contribution in [2.75, 3.05) is 24.9 Å². The van der Waals surface area contributed by atoms with Gasteiger partial charge in [0.15, 0.2) is 16.6 Å². The number of hydrogen-bond donors (Lipinski definition) is 3. The number of carbonyl (C=O) groups excluding carboxylic acids is 3. The van der Waals surface area contributed by atoms with E-state index in [1.807, 2.05) is 66.7 Å². The number of nitrogens with one attached hydrogen (secondary N) is 3. The summed E-state index contributed by atoms with van der Waals surface area (Å²) in [6.07, 6.45) is 1.56. The van der Waals surface area contributed by atoms with Crippen LogP contribution in [-0.2, 0) is 9.59 Å². The van der Waals surface area contributed by atoms with Crippen molar-refractivity contribution in [2.45, 2.75) is 10.1 Å². The molecule has 0 bridgehead atoms. The lowest BCUT2D eigenvalue weighted by Gasteiger charge is -2.17. The Balaban J connectivity index is 1.24. The number of methoxy groups -OCH3 is 2. The summed E-state index contributed by atoms with van der Waals surface area (Å²) in [6, 6.07) is 38.2. The van der Waals surface area contributed by atoms with Crippen LogP contribution in [0.3, 0.4) is 0 Å². The number of fused-ring (bicyclic) bond motifs is 1. The molecule has 0 aliphatic heterocycles. The van der Waals surface area contributed by atoms with Crippen LogP contribution in [0.25, 0.3) is 16.3 Å². The first kappa shape index (κ1) is 34.0. The highest BCUT2D eigenvalue weighted by atomic mass is 32.2. The molecule has 0 aliphatic carbocycles. The smallest absolute Gasteiger partial charge is 0.272 e. The summed E-state index contributed by atoms with van der Waals surface area (Å²) in [5.41, 5.74) is 3.13. The minimum absolute atomic E-state index is 0.0153. The Bertz CT molecular complexity index is 2140. The molecule has 0 saturated carbocycles. The lowest BCUT2D eigenvalue weighted by Crippen LogP contribution is -2.30. The molecule has 0 fully saturated rings. The molecule has 250 valence electrons. The van der Waals surface area contributed by atoms with E-state index in [1.165, 1.54) is 37.3 Å². The van der Waals surface area contributed by atoms with Gasteiger partial charge in [0, 0.05) is 16.1 Å². The van der Waals surface area contributed by atoms with Gasteiger partial charge in [-0.25, -0.2) is 4.98 Å². The number of thiazole rings is 1. The van der Waals surface area contributed by atoms with Gasteiger partial charge in [-0.2, -0.15) is 0 Å². The molecule has 1 heterocycles. The van der Waals surface area contributed by atoms with Crippen molar-refractivity contribution in [3.05, 3.63) is 150 Å². The van der Waals surface area contributed by atoms with Crippen LogP contribution in [0.1, 0.15) is 26.7 Å². The molecule has 0 aliphatic rings. The average molecular weight is 701 g/mol. The molecule has 1 atom stereocenters. The number of benzene rings is 5. The molecule has 6 rings (SSSR count). The predicted octanol–water partition coefficient (Wildman–Crippen LogP) is 8.20. The van der Waals surface area contributed by atoms with E-state index in [1.54, 1.807) is 66.7 Å². The van der Waals surface area contributed by atoms with Gasteiger partial charge >= 0.3 is 0 Å². The van der Waals surface area contributed by atoms with Crippen LogP contribution in [0.2, 0.25) is 0 Å². The van der Waals surface area contributed by atoms with Gasteiger partial charge in [-0.1, -0.05) is 84.1 Å². The third-order valence-electron chi connectivity index (χ3n) is 7.46. The van der Waals surface area contributed by atoms with Crippen LogP contribution in [0.5, 0.6) is 11.5 Å². The zero-order valence-corrected chi connectivity index (χ0v) is 28.7. The largest absolute Gasteiger partial charge is 0.493 e. The minimum Gasteiger partial charge on any atom is -0.493 e. The maximum Gasteiger partial charge on any atom is 0.272 e. The summed E-state index contributed by atoms with van der Waals surface area (Å²) in [5, 5.41) is 8.57. The summed E-state index contributed by atoms with van der Waals surface area (Å²) in [5.74, 6) is -0.208. The Hall–Kier alpha value is -5.91. The molecule has 11 heteroatoms. The second kappa shape index (κ2) is 16.0. The molecule has 5 aromatic carbocycles. The second-order valence-corrected chi connectivity index (χ2v) is 13.1. The third kappa shape index (κ3) is 8.38. The minimum atomic E-state index is -0.611. The lowest BCUT2D eigenvalue weighted by atomic mass is 10.1. The molecular formula is C39H32N4O5S2. The molecule has 1 aromatic heterocycles. The van der Waals surface area contributed by atoms with Gasteiger partial charge < -0.3 is 25.4 Å². The summed E-state index contributed by atoms with van der Waals surface area (Å²) in [6.45, 7) is 0. The van der Waals surface area contributed by atoms with Gasteiger partial charge in [0.1, 0.15) is 10.9 Å². The number of nitrogens with zero attached hydrogens (tertiary/aromatic N) is 1. The Kier molecular flexibility index (Phi) is 10.9. The highest BCUT2D eigenvalue weighted by Gasteiger charge is 2.24. The van der Waals surface area contributed by atoms with Crippen molar-refractivity contribution in [3.8, 4) is 11.5 Å². The van der Waals surface area contributed by atoms with E-state index in [0.29, 0.717) is 33.4 Å². The van der Waals surface area contributed by atoms with E-state index in [9.17, 15) is 14.4 Å². The summed E-state index contributed by atoms with van der Waals surface area (Å²) < 4.78 is 11.8. The van der Waals surface area contributed by atoms with Crippen LogP contribution >= 0.6 is 23.1 Å². The molecule has 9 nitrogen and oxygen atoms in total. The molecule has 3 amide bonds. The van der Waals surface area contributed by atoms with Crippen molar-refractivity contribution in [3.63, 3.8) is 0 Å². The number of carbonyl (C=O) groups is 3. The SMILES string of the molecule is COc1ccc(/C=C(/NC(=O)c2ccccc2)C(=O)Nc2cccc(SC(C(=O)Nc3nc4ccccc4s3)c3ccccc3)c2)cc1OC.